The molecule has 1 heterocycles. The van der Waals surface area contributed by atoms with Crippen molar-refractivity contribution in [2.75, 3.05) is 5.32 Å². The van der Waals surface area contributed by atoms with Crippen LogP contribution in [0.25, 0.3) is 0 Å². The Bertz CT molecular complexity index is 637. The maximum atomic E-state index is 3.90. The van der Waals surface area contributed by atoms with Gasteiger partial charge in [-0.15, -0.1) is 0 Å². The topological polar surface area (TPSA) is 12.0 Å². The first-order valence-corrected chi connectivity index (χ1v) is 8.36. The Hall–Kier alpha value is -1.24. The average Bonchev–Trinajstić information content (AvgIpc) is 2.62. The van der Waals surface area contributed by atoms with Crippen LogP contribution in [-0.2, 0) is 0 Å². The number of fused-ring (bicyclic) bond motifs is 2. The molecule has 3 aliphatic rings. The first-order valence-electron chi connectivity index (χ1n) is 8.36. The van der Waals surface area contributed by atoms with Gasteiger partial charge < -0.3 is 5.32 Å². The van der Waals surface area contributed by atoms with E-state index in [-0.39, 0.29) is 10.8 Å². The molecule has 1 N–H and O–H groups in total. The van der Waals surface area contributed by atoms with Crippen LogP contribution in [0, 0.1) is 16.2 Å². The Morgan fingerprint density at radius 3 is 2.52 bits per heavy atom. The Labute approximate surface area is 128 Å². The van der Waals surface area contributed by atoms with Crippen LogP contribution in [0.15, 0.2) is 35.9 Å². The summed E-state index contributed by atoms with van der Waals surface area (Å²) in [6, 6.07) is 9.49. The van der Waals surface area contributed by atoms with E-state index in [0.29, 0.717) is 17.4 Å². The minimum Gasteiger partial charge on any atom is -0.380 e. The number of nitrogens with one attached hydrogen (secondary N) is 1. The molecule has 3 atom stereocenters. The van der Waals surface area contributed by atoms with E-state index in [1.807, 2.05) is 0 Å². The molecule has 1 heteroatoms. The molecule has 4 rings (SSSR count). The highest BCUT2D eigenvalue weighted by atomic mass is 15.0. The van der Waals surface area contributed by atoms with Gasteiger partial charge >= 0.3 is 0 Å². The van der Waals surface area contributed by atoms with Crippen LogP contribution in [0.4, 0.5) is 5.69 Å². The van der Waals surface area contributed by atoms with E-state index in [2.05, 4.69) is 70.3 Å². The van der Waals surface area contributed by atoms with Gasteiger partial charge in [-0.3, -0.25) is 0 Å². The fraction of sp³-hybridized carbons (Fsp3) is 0.600. The number of rotatable bonds is 0. The molecular weight excluding hydrogens is 254 g/mol. The van der Waals surface area contributed by atoms with Crippen molar-refractivity contribution in [1.29, 1.82) is 0 Å². The number of hydrogen-bond donors (Lipinski definition) is 1. The highest BCUT2D eigenvalue weighted by Crippen LogP contribution is 2.68. The van der Waals surface area contributed by atoms with Crippen LogP contribution in [0.3, 0.4) is 0 Å². The quantitative estimate of drug-likeness (QED) is 0.631. The van der Waals surface area contributed by atoms with Crippen molar-refractivity contribution in [3.8, 4) is 0 Å². The summed E-state index contributed by atoms with van der Waals surface area (Å²) in [7, 11) is 0. The third kappa shape index (κ3) is 1.53. The fourth-order valence-electron chi connectivity index (χ4n) is 5.69. The van der Waals surface area contributed by atoms with Gasteiger partial charge in [-0.05, 0) is 35.8 Å². The summed E-state index contributed by atoms with van der Waals surface area (Å²) >= 11 is 0. The van der Waals surface area contributed by atoms with Gasteiger partial charge in [0.15, 0.2) is 0 Å². The van der Waals surface area contributed by atoms with Gasteiger partial charge in [0.05, 0.1) is 0 Å². The van der Waals surface area contributed by atoms with Gasteiger partial charge in [0.2, 0.25) is 0 Å². The molecule has 1 aromatic rings. The third-order valence-corrected chi connectivity index (χ3v) is 6.59. The second-order valence-electron chi connectivity index (χ2n) is 8.80. The fourth-order valence-corrected chi connectivity index (χ4v) is 5.69. The number of anilines is 1. The molecule has 112 valence electrons. The average molecular weight is 281 g/mol. The zero-order valence-electron chi connectivity index (χ0n) is 14.0. The number of benzene rings is 1. The molecule has 0 radical (unpaired) electrons. The second kappa shape index (κ2) is 3.74. The van der Waals surface area contributed by atoms with Crippen LogP contribution >= 0.6 is 0 Å². The predicted molar refractivity (Wildman–Crippen MR) is 89.6 cm³/mol. The third-order valence-electron chi connectivity index (χ3n) is 6.59. The van der Waals surface area contributed by atoms with E-state index >= 15 is 0 Å². The predicted octanol–water partition coefficient (Wildman–Crippen LogP) is 5.36. The lowest BCUT2D eigenvalue weighted by atomic mass is 9.52. The lowest BCUT2D eigenvalue weighted by Gasteiger charge is -2.56. The van der Waals surface area contributed by atoms with Gasteiger partial charge in [-0.2, -0.15) is 0 Å². The molecule has 1 nitrogen and oxygen atoms in total. The summed E-state index contributed by atoms with van der Waals surface area (Å²) in [5.74, 6) is 0.668. The Kier molecular flexibility index (Phi) is 2.39. The second-order valence-corrected chi connectivity index (χ2v) is 8.80. The van der Waals surface area contributed by atoms with Crippen LogP contribution in [0.5, 0.6) is 0 Å². The molecule has 0 spiro atoms. The van der Waals surface area contributed by atoms with Crippen molar-refractivity contribution in [2.24, 2.45) is 16.2 Å². The first kappa shape index (κ1) is 13.4. The molecule has 0 amide bonds. The normalized spacial score (nSPS) is 38.0. The lowest BCUT2D eigenvalue weighted by molar-refractivity contribution is 0.126. The molecule has 0 aromatic heterocycles. The molecule has 1 aromatic carbocycles. The highest BCUT2D eigenvalue weighted by molar-refractivity contribution is 5.62. The number of hydrogen-bond acceptors (Lipinski definition) is 1. The largest absolute Gasteiger partial charge is 0.380 e. The van der Waals surface area contributed by atoms with Crippen molar-refractivity contribution in [1.82, 2.24) is 0 Å². The maximum absolute atomic E-state index is 3.90. The maximum Gasteiger partial charge on any atom is 0.0443 e. The van der Waals surface area contributed by atoms with E-state index in [9.17, 15) is 0 Å². The summed E-state index contributed by atoms with van der Waals surface area (Å²) in [5, 5.41) is 3.90. The van der Waals surface area contributed by atoms with Crippen molar-refractivity contribution in [3.05, 3.63) is 41.5 Å². The van der Waals surface area contributed by atoms with E-state index < -0.39 is 0 Å². The highest BCUT2D eigenvalue weighted by Gasteiger charge is 2.61. The van der Waals surface area contributed by atoms with Gasteiger partial charge in [-0.1, -0.05) is 64.5 Å². The molecule has 0 unspecified atom stereocenters. The minimum absolute atomic E-state index is 0.220. The van der Waals surface area contributed by atoms with Gasteiger partial charge in [0.1, 0.15) is 0 Å². The molecular formula is C20H27N. The molecule has 1 aliphatic heterocycles. The molecule has 0 bridgehead atoms. The smallest absolute Gasteiger partial charge is 0.0443 e. The summed E-state index contributed by atoms with van der Waals surface area (Å²) in [4.78, 5) is 0. The van der Waals surface area contributed by atoms with Gasteiger partial charge in [0.25, 0.3) is 0 Å². The summed E-state index contributed by atoms with van der Waals surface area (Å²) in [6.45, 7) is 12.2. The van der Waals surface area contributed by atoms with E-state index in [0.717, 1.165) is 0 Å². The SMILES string of the molecule is CC1(C)CC[C@H]2c3ccccc3N[C@H]3C(C)(C)C=C1[C@@]23C. The van der Waals surface area contributed by atoms with Gasteiger partial charge in [-0.25, -0.2) is 0 Å². The van der Waals surface area contributed by atoms with Crippen LogP contribution in [0.1, 0.15) is 58.9 Å². The molecule has 21 heavy (non-hydrogen) atoms. The van der Waals surface area contributed by atoms with E-state index in [1.165, 1.54) is 24.1 Å². The summed E-state index contributed by atoms with van der Waals surface area (Å²) in [5.41, 5.74) is 5.42. The van der Waals surface area contributed by atoms with Crippen molar-refractivity contribution < 1.29 is 0 Å². The minimum atomic E-state index is 0.220. The molecule has 2 aliphatic carbocycles. The molecule has 1 fully saturated rings. The summed E-state index contributed by atoms with van der Waals surface area (Å²) in [6.07, 6.45) is 5.21. The zero-order valence-corrected chi connectivity index (χ0v) is 14.0. The molecule has 0 saturated heterocycles. The standard InChI is InChI=1S/C20H27N/c1-18(2)11-10-14-13-8-6-7-9-15(13)21-17-19(3,4)12-16(18)20(14,17)5/h6-9,12,14,17,21H,10-11H2,1-5H3/t14-,17-,20+/m0/s1. The Balaban J connectivity index is 1.96. The van der Waals surface area contributed by atoms with Crippen LogP contribution in [-0.4, -0.2) is 6.04 Å². The monoisotopic (exact) mass is 281 g/mol. The molecule has 1 saturated carbocycles. The first-order chi connectivity index (χ1) is 9.77. The number of para-hydroxylation sites is 1. The lowest BCUT2D eigenvalue weighted by Crippen LogP contribution is -2.53. The van der Waals surface area contributed by atoms with Crippen molar-refractivity contribution in [3.63, 3.8) is 0 Å². The zero-order chi connectivity index (χ0) is 15.0. The Morgan fingerprint density at radius 1 is 1.05 bits per heavy atom. The Morgan fingerprint density at radius 2 is 1.76 bits per heavy atom. The van der Waals surface area contributed by atoms with E-state index in [1.54, 1.807) is 5.57 Å². The van der Waals surface area contributed by atoms with Crippen molar-refractivity contribution >= 4 is 5.69 Å². The van der Waals surface area contributed by atoms with Crippen LogP contribution < -0.4 is 5.32 Å². The summed E-state index contributed by atoms with van der Waals surface area (Å²) < 4.78 is 0. The van der Waals surface area contributed by atoms with Gasteiger partial charge in [0, 0.05) is 22.6 Å². The van der Waals surface area contributed by atoms with E-state index in [4.69, 9.17) is 0 Å². The van der Waals surface area contributed by atoms with Crippen LogP contribution in [0.2, 0.25) is 0 Å². The van der Waals surface area contributed by atoms with Crippen molar-refractivity contribution in [2.45, 2.75) is 59.4 Å².